The van der Waals surface area contributed by atoms with Gasteiger partial charge >= 0.3 is 0 Å². The van der Waals surface area contributed by atoms with Gasteiger partial charge in [-0.3, -0.25) is 4.79 Å². The molecule has 21 heavy (non-hydrogen) atoms. The first-order chi connectivity index (χ1) is 9.86. The van der Waals surface area contributed by atoms with Crippen molar-refractivity contribution in [1.82, 2.24) is 0 Å². The Balaban J connectivity index is 2.27. The Bertz CT molecular complexity index is 717. The lowest BCUT2D eigenvalue weighted by molar-refractivity contribution is 0.102. The van der Waals surface area contributed by atoms with Crippen molar-refractivity contribution in [2.24, 2.45) is 5.73 Å². The Kier molecular flexibility index (Phi) is 4.64. The summed E-state index contributed by atoms with van der Waals surface area (Å²) in [6, 6.07) is 7.63. The second-order valence-electron chi connectivity index (χ2n) is 4.17. The van der Waals surface area contributed by atoms with E-state index in [0.29, 0.717) is 10.2 Å². The average molecular weight is 371 g/mol. The van der Waals surface area contributed by atoms with Gasteiger partial charge in [0.15, 0.2) is 0 Å². The van der Waals surface area contributed by atoms with Crippen LogP contribution < -0.4 is 11.1 Å². The molecule has 0 aliphatic rings. The molecule has 1 amide bonds. The molecule has 0 atom stereocenters. The summed E-state index contributed by atoms with van der Waals surface area (Å²) in [5, 5.41) is 2.53. The van der Waals surface area contributed by atoms with E-state index in [1.807, 2.05) is 0 Å². The molecule has 2 aromatic carbocycles. The van der Waals surface area contributed by atoms with Crippen LogP contribution in [0.4, 0.5) is 14.5 Å². The highest BCUT2D eigenvalue weighted by atomic mass is 79.9. The maximum atomic E-state index is 13.5. The van der Waals surface area contributed by atoms with Crippen LogP contribution in [0, 0.1) is 11.6 Å². The summed E-state index contributed by atoms with van der Waals surface area (Å²) in [5.74, 6) is -1.65. The van der Waals surface area contributed by atoms with Crippen molar-refractivity contribution in [2.75, 3.05) is 5.32 Å². The van der Waals surface area contributed by atoms with Crippen molar-refractivity contribution in [3.05, 3.63) is 63.6 Å². The Morgan fingerprint density at radius 1 is 1.19 bits per heavy atom. The minimum Gasteiger partial charge on any atom is -0.389 e. The topological polar surface area (TPSA) is 55.1 Å². The molecule has 0 heterocycles. The molecule has 0 saturated carbocycles. The molecule has 7 heteroatoms. The number of thiocarbonyl (C=S) groups is 1. The molecule has 2 rings (SSSR count). The number of benzene rings is 2. The zero-order valence-electron chi connectivity index (χ0n) is 10.5. The average Bonchev–Trinajstić information content (AvgIpc) is 2.39. The summed E-state index contributed by atoms with van der Waals surface area (Å²) < 4.78 is 27.1. The highest BCUT2D eigenvalue weighted by Gasteiger charge is 2.11. The van der Waals surface area contributed by atoms with Gasteiger partial charge in [-0.15, -0.1) is 0 Å². The van der Waals surface area contributed by atoms with Gasteiger partial charge in [-0.25, -0.2) is 8.78 Å². The summed E-state index contributed by atoms with van der Waals surface area (Å²) in [4.78, 5) is 11.9. The van der Waals surface area contributed by atoms with Gasteiger partial charge in [-0.1, -0.05) is 28.1 Å². The lowest BCUT2D eigenvalue weighted by Crippen LogP contribution is -2.15. The van der Waals surface area contributed by atoms with Crippen molar-refractivity contribution in [3.63, 3.8) is 0 Å². The zero-order valence-corrected chi connectivity index (χ0v) is 12.9. The number of halogens is 3. The number of nitrogens with two attached hydrogens (primary N) is 1. The molecule has 0 fully saturated rings. The van der Waals surface area contributed by atoms with Crippen molar-refractivity contribution >= 4 is 44.7 Å². The Morgan fingerprint density at radius 3 is 2.52 bits per heavy atom. The maximum absolute atomic E-state index is 13.5. The van der Waals surface area contributed by atoms with Crippen LogP contribution >= 0.6 is 28.1 Å². The van der Waals surface area contributed by atoms with Gasteiger partial charge in [0.25, 0.3) is 5.91 Å². The molecule has 0 radical (unpaired) electrons. The van der Waals surface area contributed by atoms with E-state index in [1.54, 1.807) is 0 Å². The summed E-state index contributed by atoms with van der Waals surface area (Å²) in [6.07, 6.45) is 0. The van der Waals surface area contributed by atoms with Crippen LogP contribution in [0.15, 0.2) is 40.9 Å². The van der Waals surface area contributed by atoms with Crippen LogP contribution in [0.3, 0.4) is 0 Å². The lowest BCUT2D eigenvalue weighted by atomic mass is 10.1. The van der Waals surface area contributed by atoms with E-state index in [1.165, 1.54) is 24.3 Å². The molecule has 0 bridgehead atoms. The monoisotopic (exact) mass is 370 g/mol. The van der Waals surface area contributed by atoms with Crippen LogP contribution in [0.2, 0.25) is 0 Å². The Morgan fingerprint density at radius 2 is 1.90 bits per heavy atom. The molecule has 0 unspecified atom stereocenters. The van der Waals surface area contributed by atoms with Crippen molar-refractivity contribution in [1.29, 1.82) is 0 Å². The number of carbonyl (C=O) groups is 1. The highest BCUT2D eigenvalue weighted by molar-refractivity contribution is 9.10. The predicted molar refractivity (Wildman–Crippen MR) is 84.3 cm³/mol. The molecule has 0 spiro atoms. The first-order valence-electron chi connectivity index (χ1n) is 5.73. The molecule has 0 aliphatic carbocycles. The molecule has 0 saturated heterocycles. The normalized spacial score (nSPS) is 10.2. The number of anilines is 1. The second-order valence-corrected chi connectivity index (χ2v) is 5.53. The second kappa shape index (κ2) is 6.28. The number of rotatable bonds is 3. The number of hydrogen-bond acceptors (Lipinski definition) is 2. The molecule has 2 aromatic rings. The number of carbonyl (C=O) groups excluding carboxylic acids is 1. The van der Waals surface area contributed by atoms with E-state index in [4.69, 9.17) is 18.0 Å². The summed E-state index contributed by atoms with van der Waals surface area (Å²) in [6.45, 7) is 0. The van der Waals surface area contributed by atoms with Gasteiger partial charge in [0, 0.05) is 21.3 Å². The van der Waals surface area contributed by atoms with Gasteiger partial charge in [0.1, 0.15) is 16.6 Å². The third kappa shape index (κ3) is 3.83. The van der Waals surface area contributed by atoms with Gasteiger partial charge < -0.3 is 11.1 Å². The molecule has 3 N–H and O–H groups in total. The predicted octanol–water partition coefficient (Wildman–Crippen LogP) is 3.61. The van der Waals surface area contributed by atoms with E-state index in [9.17, 15) is 13.6 Å². The zero-order chi connectivity index (χ0) is 15.6. The summed E-state index contributed by atoms with van der Waals surface area (Å²) in [7, 11) is 0. The summed E-state index contributed by atoms with van der Waals surface area (Å²) in [5.41, 5.74) is 5.86. The highest BCUT2D eigenvalue weighted by Crippen LogP contribution is 2.18. The Labute approximate surface area is 133 Å². The van der Waals surface area contributed by atoms with E-state index >= 15 is 0 Å². The number of nitrogens with one attached hydrogen (secondary N) is 1. The quantitative estimate of drug-likeness (QED) is 0.811. The first kappa shape index (κ1) is 15.5. The van der Waals surface area contributed by atoms with Crippen molar-refractivity contribution in [2.45, 2.75) is 0 Å². The molecule has 0 aliphatic heterocycles. The fourth-order valence-corrected chi connectivity index (χ4v) is 2.30. The van der Waals surface area contributed by atoms with Crippen molar-refractivity contribution < 1.29 is 13.6 Å². The minimum atomic E-state index is -0.575. The molecular formula is C14H9BrF2N2OS. The number of hydrogen-bond donors (Lipinski definition) is 2. The number of amides is 1. The molecule has 3 nitrogen and oxygen atoms in total. The lowest BCUT2D eigenvalue weighted by Gasteiger charge is -2.08. The smallest absolute Gasteiger partial charge is 0.255 e. The van der Waals surface area contributed by atoms with Crippen LogP contribution in [0.1, 0.15) is 15.9 Å². The molecular weight excluding hydrogens is 362 g/mol. The SMILES string of the molecule is NC(=S)c1cc(NC(=O)c2cc(F)cc(Br)c2)ccc1F. The van der Waals surface area contributed by atoms with E-state index in [2.05, 4.69) is 21.2 Å². The van der Waals surface area contributed by atoms with Crippen LogP contribution in [-0.2, 0) is 0 Å². The van der Waals surface area contributed by atoms with Crippen LogP contribution in [0.25, 0.3) is 0 Å². The van der Waals surface area contributed by atoms with Crippen LogP contribution in [0.5, 0.6) is 0 Å². The van der Waals surface area contributed by atoms with E-state index in [-0.39, 0.29) is 16.1 Å². The standard InChI is InChI=1S/C14H9BrF2N2OS/c15-8-3-7(4-9(16)5-8)14(20)19-10-1-2-12(17)11(6-10)13(18)21/h1-6H,(H2,18,21)(H,19,20). The third-order valence-corrected chi connectivity index (χ3v) is 3.29. The Hall–Kier alpha value is -1.86. The minimum absolute atomic E-state index is 0.0308. The van der Waals surface area contributed by atoms with Gasteiger partial charge in [-0.05, 0) is 36.4 Å². The molecule has 108 valence electrons. The summed E-state index contributed by atoms with van der Waals surface area (Å²) >= 11 is 7.82. The van der Waals surface area contributed by atoms with E-state index in [0.717, 1.165) is 12.1 Å². The fraction of sp³-hybridized carbons (Fsp3) is 0. The van der Waals surface area contributed by atoms with Gasteiger partial charge in [0.2, 0.25) is 0 Å². The first-order valence-corrected chi connectivity index (χ1v) is 6.94. The largest absolute Gasteiger partial charge is 0.389 e. The van der Waals surface area contributed by atoms with Crippen molar-refractivity contribution in [3.8, 4) is 0 Å². The maximum Gasteiger partial charge on any atom is 0.255 e. The van der Waals surface area contributed by atoms with Gasteiger partial charge in [-0.2, -0.15) is 0 Å². The van der Waals surface area contributed by atoms with Crippen LogP contribution in [-0.4, -0.2) is 10.9 Å². The third-order valence-electron chi connectivity index (χ3n) is 2.61. The fourth-order valence-electron chi connectivity index (χ4n) is 1.68. The molecule has 0 aromatic heterocycles. The van der Waals surface area contributed by atoms with Gasteiger partial charge in [0.05, 0.1) is 0 Å². The van der Waals surface area contributed by atoms with E-state index < -0.39 is 17.5 Å².